The number of aromatic nitrogens is 1. The van der Waals surface area contributed by atoms with Gasteiger partial charge in [-0.25, -0.2) is 0 Å². The monoisotopic (exact) mass is 414 g/mol. The molecule has 0 fully saturated rings. The van der Waals surface area contributed by atoms with Crippen LogP contribution in [0.5, 0.6) is 11.5 Å². The van der Waals surface area contributed by atoms with Crippen LogP contribution in [0.4, 0.5) is 0 Å². The minimum absolute atomic E-state index is 0.0610. The highest BCUT2D eigenvalue weighted by atomic mass is 35.5. The summed E-state index contributed by atoms with van der Waals surface area (Å²) in [6.45, 7) is 4.97. The van der Waals surface area contributed by atoms with E-state index in [1.54, 1.807) is 24.3 Å². The number of carbonyl (C=O) groups excluding carboxylic acids is 1. The normalized spacial score (nSPS) is 10.6. The Morgan fingerprint density at radius 3 is 2.34 bits per heavy atom. The molecule has 0 saturated heterocycles. The van der Waals surface area contributed by atoms with Crippen molar-refractivity contribution in [3.8, 4) is 11.5 Å². The standard InChI is InChI=1S/C22H23ClN2O4/c1-15-21(16(2)29-25-15)14-28-20-7-3-17(4-8-20)13-22(26)24-11-12-27-19-9-5-18(23)6-10-19/h3-10H,11-14H2,1-2H3,(H,24,26). The van der Waals surface area contributed by atoms with E-state index in [1.165, 1.54) is 0 Å². The minimum Gasteiger partial charge on any atom is -0.492 e. The highest BCUT2D eigenvalue weighted by Gasteiger charge is 2.10. The maximum Gasteiger partial charge on any atom is 0.224 e. The van der Waals surface area contributed by atoms with E-state index in [0.717, 1.165) is 34.1 Å². The molecule has 0 unspecified atom stereocenters. The molecule has 1 N–H and O–H groups in total. The molecule has 0 aliphatic rings. The van der Waals surface area contributed by atoms with Crippen LogP contribution in [0.15, 0.2) is 53.1 Å². The number of carbonyl (C=O) groups is 1. The van der Waals surface area contributed by atoms with Gasteiger partial charge in [-0.2, -0.15) is 0 Å². The molecule has 2 aromatic carbocycles. The highest BCUT2D eigenvalue weighted by Crippen LogP contribution is 2.18. The fourth-order valence-electron chi connectivity index (χ4n) is 2.71. The van der Waals surface area contributed by atoms with Gasteiger partial charge in [-0.3, -0.25) is 4.79 Å². The van der Waals surface area contributed by atoms with Crippen molar-refractivity contribution in [2.75, 3.05) is 13.2 Å². The van der Waals surface area contributed by atoms with Crippen LogP contribution >= 0.6 is 11.6 Å². The van der Waals surface area contributed by atoms with E-state index < -0.39 is 0 Å². The average Bonchev–Trinajstić information content (AvgIpc) is 3.04. The summed E-state index contributed by atoms with van der Waals surface area (Å²) in [6, 6.07) is 14.6. The van der Waals surface area contributed by atoms with E-state index in [0.29, 0.717) is 31.2 Å². The van der Waals surface area contributed by atoms with Gasteiger partial charge in [0.1, 0.15) is 30.5 Å². The molecule has 1 aromatic heterocycles. The summed E-state index contributed by atoms with van der Waals surface area (Å²) < 4.78 is 16.5. The third-order valence-electron chi connectivity index (χ3n) is 4.36. The molecular weight excluding hydrogens is 392 g/mol. The summed E-state index contributed by atoms with van der Waals surface area (Å²) in [4.78, 5) is 12.1. The van der Waals surface area contributed by atoms with Crippen molar-refractivity contribution in [3.05, 3.63) is 76.1 Å². The Bertz CT molecular complexity index is 917. The third kappa shape index (κ3) is 6.26. The smallest absolute Gasteiger partial charge is 0.224 e. The number of nitrogens with zero attached hydrogens (tertiary/aromatic N) is 1. The van der Waals surface area contributed by atoms with Crippen LogP contribution in [0, 0.1) is 13.8 Å². The van der Waals surface area contributed by atoms with Crippen LogP contribution in [0.1, 0.15) is 22.6 Å². The lowest BCUT2D eigenvalue weighted by atomic mass is 10.1. The largest absolute Gasteiger partial charge is 0.492 e. The zero-order chi connectivity index (χ0) is 20.6. The first-order valence-corrected chi connectivity index (χ1v) is 9.67. The molecule has 3 rings (SSSR count). The number of hydrogen-bond donors (Lipinski definition) is 1. The molecule has 0 atom stereocenters. The molecule has 7 heteroatoms. The molecule has 3 aromatic rings. The lowest BCUT2D eigenvalue weighted by Crippen LogP contribution is -2.29. The predicted molar refractivity (Wildman–Crippen MR) is 110 cm³/mol. The van der Waals surface area contributed by atoms with Gasteiger partial charge in [0.05, 0.1) is 24.2 Å². The molecule has 1 heterocycles. The van der Waals surface area contributed by atoms with Crippen LogP contribution in [0.25, 0.3) is 0 Å². The number of halogens is 1. The van der Waals surface area contributed by atoms with Gasteiger partial charge in [0, 0.05) is 5.02 Å². The van der Waals surface area contributed by atoms with Gasteiger partial charge in [0.2, 0.25) is 5.91 Å². The Labute approximate surface area is 174 Å². The molecule has 0 saturated carbocycles. The Kier molecular flexibility index (Phi) is 7.14. The van der Waals surface area contributed by atoms with Crippen LogP contribution < -0.4 is 14.8 Å². The summed E-state index contributed by atoms with van der Waals surface area (Å²) in [5.41, 5.74) is 2.69. The second kappa shape index (κ2) is 9.98. The zero-order valence-corrected chi connectivity index (χ0v) is 17.2. The van der Waals surface area contributed by atoms with Crippen LogP contribution in [0.2, 0.25) is 5.02 Å². The number of ether oxygens (including phenoxy) is 2. The van der Waals surface area contributed by atoms with Crippen molar-refractivity contribution in [1.82, 2.24) is 10.5 Å². The number of aryl methyl sites for hydroxylation is 2. The van der Waals surface area contributed by atoms with Crippen molar-refractivity contribution in [3.63, 3.8) is 0 Å². The maximum absolute atomic E-state index is 12.1. The summed E-state index contributed by atoms with van der Waals surface area (Å²) >= 11 is 5.83. The topological polar surface area (TPSA) is 73.6 Å². The number of hydrogen-bond acceptors (Lipinski definition) is 5. The molecule has 29 heavy (non-hydrogen) atoms. The first-order valence-electron chi connectivity index (χ1n) is 9.30. The first-order chi connectivity index (χ1) is 14.0. The van der Waals surface area contributed by atoms with Gasteiger partial charge in [0.25, 0.3) is 0 Å². The molecule has 0 spiro atoms. The second-order valence-corrected chi connectivity index (χ2v) is 7.00. The lowest BCUT2D eigenvalue weighted by molar-refractivity contribution is -0.120. The molecule has 152 valence electrons. The van der Waals surface area contributed by atoms with Crippen molar-refractivity contribution < 1.29 is 18.8 Å². The summed E-state index contributed by atoms with van der Waals surface area (Å²) in [5, 5.41) is 7.42. The Balaban J connectivity index is 1.38. The molecule has 0 aliphatic heterocycles. The van der Waals surface area contributed by atoms with E-state index in [-0.39, 0.29) is 5.91 Å². The van der Waals surface area contributed by atoms with Crippen molar-refractivity contribution in [2.45, 2.75) is 26.9 Å². The van der Waals surface area contributed by atoms with E-state index in [9.17, 15) is 4.79 Å². The molecular formula is C22H23ClN2O4. The predicted octanol–water partition coefficient (Wildman–Crippen LogP) is 4.26. The van der Waals surface area contributed by atoms with E-state index in [4.69, 9.17) is 25.6 Å². The Morgan fingerprint density at radius 2 is 1.69 bits per heavy atom. The molecule has 0 bridgehead atoms. The molecule has 0 aliphatic carbocycles. The summed E-state index contributed by atoms with van der Waals surface area (Å²) in [7, 11) is 0. The highest BCUT2D eigenvalue weighted by molar-refractivity contribution is 6.30. The molecule has 0 radical (unpaired) electrons. The van der Waals surface area contributed by atoms with Gasteiger partial charge in [-0.1, -0.05) is 28.9 Å². The Hall–Kier alpha value is -2.99. The zero-order valence-electron chi connectivity index (χ0n) is 16.4. The van der Waals surface area contributed by atoms with Crippen molar-refractivity contribution >= 4 is 17.5 Å². The third-order valence-corrected chi connectivity index (χ3v) is 4.61. The first kappa shape index (κ1) is 20.7. The van der Waals surface area contributed by atoms with Gasteiger partial charge in [-0.15, -0.1) is 0 Å². The fourth-order valence-corrected chi connectivity index (χ4v) is 2.83. The average molecular weight is 415 g/mol. The second-order valence-electron chi connectivity index (χ2n) is 6.56. The van der Waals surface area contributed by atoms with Crippen LogP contribution in [-0.4, -0.2) is 24.2 Å². The number of benzene rings is 2. The van der Waals surface area contributed by atoms with E-state index >= 15 is 0 Å². The SMILES string of the molecule is Cc1noc(C)c1COc1ccc(CC(=O)NCCOc2ccc(Cl)cc2)cc1. The van der Waals surface area contributed by atoms with Crippen LogP contribution in [-0.2, 0) is 17.8 Å². The number of amides is 1. The van der Waals surface area contributed by atoms with Gasteiger partial charge >= 0.3 is 0 Å². The van der Waals surface area contributed by atoms with E-state index in [1.807, 2.05) is 38.1 Å². The molecule has 6 nitrogen and oxygen atoms in total. The fraction of sp³-hybridized carbons (Fsp3) is 0.273. The maximum atomic E-state index is 12.1. The van der Waals surface area contributed by atoms with Crippen LogP contribution in [0.3, 0.4) is 0 Å². The minimum atomic E-state index is -0.0610. The lowest BCUT2D eigenvalue weighted by Gasteiger charge is -2.09. The summed E-state index contributed by atoms with van der Waals surface area (Å²) in [5.74, 6) is 2.14. The van der Waals surface area contributed by atoms with E-state index in [2.05, 4.69) is 10.5 Å². The van der Waals surface area contributed by atoms with Crippen molar-refractivity contribution in [1.29, 1.82) is 0 Å². The van der Waals surface area contributed by atoms with Gasteiger partial charge < -0.3 is 19.3 Å². The van der Waals surface area contributed by atoms with Gasteiger partial charge in [-0.05, 0) is 55.8 Å². The Morgan fingerprint density at radius 1 is 1.03 bits per heavy atom. The number of rotatable bonds is 9. The van der Waals surface area contributed by atoms with Crippen molar-refractivity contribution in [2.24, 2.45) is 0 Å². The molecule has 1 amide bonds. The number of nitrogens with one attached hydrogen (secondary N) is 1. The quantitative estimate of drug-likeness (QED) is 0.529. The summed E-state index contributed by atoms with van der Waals surface area (Å²) in [6.07, 6.45) is 0.297. The van der Waals surface area contributed by atoms with Gasteiger partial charge in [0.15, 0.2) is 0 Å².